The molecule has 1 fully saturated rings. The van der Waals surface area contributed by atoms with Crippen molar-refractivity contribution in [1.29, 1.82) is 0 Å². The summed E-state index contributed by atoms with van der Waals surface area (Å²) in [5.74, 6) is 1.82. The first-order valence-electron chi connectivity index (χ1n) is 10.0. The van der Waals surface area contributed by atoms with E-state index in [-0.39, 0.29) is 0 Å². The molecule has 4 aromatic rings. The second-order valence-corrected chi connectivity index (χ2v) is 7.34. The minimum atomic E-state index is 0.815. The molecule has 1 aliphatic rings. The highest BCUT2D eigenvalue weighted by molar-refractivity contribution is 6.05. The van der Waals surface area contributed by atoms with Crippen molar-refractivity contribution >= 4 is 27.9 Å². The predicted molar refractivity (Wildman–Crippen MR) is 113 cm³/mol. The summed E-state index contributed by atoms with van der Waals surface area (Å²) in [6.07, 6.45) is 0.816. The minimum Gasteiger partial charge on any atom is -0.450 e. The molecule has 0 atom stereocenters. The molecule has 28 heavy (non-hydrogen) atoms. The molecule has 142 valence electrons. The van der Waals surface area contributed by atoms with Crippen molar-refractivity contribution in [2.24, 2.45) is 0 Å². The quantitative estimate of drug-likeness (QED) is 0.536. The molecule has 5 nitrogen and oxygen atoms in total. The van der Waals surface area contributed by atoms with Crippen molar-refractivity contribution < 1.29 is 4.42 Å². The Morgan fingerprint density at radius 3 is 2.43 bits per heavy atom. The topological polar surface area (TPSA) is 45.4 Å². The maximum Gasteiger partial charge on any atom is 0.196 e. The fourth-order valence-corrected chi connectivity index (χ4v) is 3.95. The van der Waals surface area contributed by atoms with Crippen molar-refractivity contribution in [1.82, 2.24) is 14.9 Å². The van der Waals surface area contributed by atoms with Gasteiger partial charge in [-0.2, -0.15) is 0 Å². The summed E-state index contributed by atoms with van der Waals surface area (Å²) in [4.78, 5) is 14.5. The molecular weight excluding hydrogens is 348 g/mol. The highest BCUT2D eigenvalue weighted by Crippen LogP contribution is 2.33. The van der Waals surface area contributed by atoms with Crippen LogP contribution in [0.1, 0.15) is 18.3 Å². The normalized spacial score (nSPS) is 15.5. The zero-order chi connectivity index (χ0) is 18.9. The monoisotopic (exact) mass is 372 g/mol. The molecule has 0 N–H and O–H groups in total. The van der Waals surface area contributed by atoms with Crippen LogP contribution >= 0.6 is 0 Å². The van der Waals surface area contributed by atoms with E-state index in [2.05, 4.69) is 53.1 Å². The molecule has 1 saturated heterocycles. The van der Waals surface area contributed by atoms with Crippen LogP contribution in [0.25, 0.3) is 22.1 Å². The largest absolute Gasteiger partial charge is 0.450 e. The van der Waals surface area contributed by atoms with Gasteiger partial charge in [0, 0.05) is 44.5 Å². The molecule has 5 heteroatoms. The molecule has 0 spiro atoms. The summed E-state index contributed by atoms with van der Waals surface area (Å²) in [7, 11) is 0. The number of aromatic nitrogens is 2. The third-order valence-corrected chi connectivity index (χ3v) is 5.49. The molecule has 0 bridgehead atoms. The lowest BCUT2D eigenvalue weighted by Gasteiger charge is -2.35. The number of benzene rings is 2. The zero-order valence-electron chi connectivity index (χ0n) is 16.1. The number of nitrogens with zero attached hydrogens (tertiary/aromatic N) is 4. The molecule has 0 amide bonds. The smallest absolute Gasteiger partial charge is 0.196 e. The number of hydrogen-bond donors (Lipinski definition) is 0. The van der Waals surface area contributed by atoms with Gasteiger partial charge < -0.3 is 9.32 Å². The van der Waals surface area contributed by atoms with Gasteiger partial charge in [0.05, 0.1) is 0 Å². The Labute approximate surface area is 164 Å². The predicted octanol–water partition coefficient (Wildman–Crippen LogP) is 4.26. The number of furan rings is 1. The summed E-state index contributed by atoms with van der Waals surface area (Å²) in [5.41, 5.74) is 3.99. The van der Waals surface area contributed by atoms with E-state index >= 15 is 0 Å². The fourth-order valence-electron chi connectivity index (χ4n) is 3.95. The standard InChI is InChI=1S/C23H24N4O/c1-2-20-24-21-18-10-6-7-11-19(18)28-22(21)23(25-20)27-14-12-26(13-15-27)16-17-8-4-3-5-9-17/h3-11H,2,12-16H2,1H3. The van der Waals surface area contributed by atoms with E-state index in [0.717, 1.165) is 72.9 Å². The Kier molecular flexibility index (Phi) is 4.45. The average Bonchev–Trinajstić information content (AvgIpc) is 3.13. The first kappa shape index (κ1) is 17.2. The summed E-state index contributed by atoms with van der Waals surface area (Å²) >= 11 is 0. The van der Waals surface area contributed by atoms with Gasteiger partial charge in [-0.25, -0.2) is 9.97 Å². The van der Waals surface area contributed by atoms with Gasteiger partial charge in [0.1, 0.15) is 16.9 Å². The van der Waals surface area contributed by atoms with Crippen LogP contribution in [0, 0.1) is 0 Å². The number of rotatable bonds is 4. The van der Waals surface area contributed by atoms with Crippen LogP contribution < -0.4 is 4.90 Å². The van der Waals surface area contributed by atoms with Crippen LogP contribution in [0.5, 0.6) is 0 Å². The highest BCUT2D eigenvalue weighted by Gasteiger charge is 2.23. The maximum atomic E-state index is 6.18. The van der Waals surface area contributed by atoms with Gasteiger partial charge in [0.25, 0.3) is 0 Å². The van der Waals surface area contributed by atoms with Crippen LogP contribution in [-0.2, 0) is 13.0 Å². The van der Waals surface area contributed by atoms with E-state index < -0.39 is 0 Å². The number of anilines is 1. The molecule has 5 rings (SSSR count). The molecule has 0 unspecified atom stereocenters. The zero-order valence-corrected chi connectivity index (χ0v) is 16.1. The van der Waals surface area contributed by atoms with Gasteiger partial charge in [-0.1, -0.05) is 49.4 Å². The number of piperazine rings is 1. The molecule has 2 aromatic heterocycles. The van der Waals surface area contributed by atoms with Gasteiger partial charge >= 0.3 is 0 Å². The van der Waals surface area contributed by atoms with Gasteiger partial charge in [-0.3, -0.25) is 4.90 Å². The van der Waals surface area contributed by atoms with Crippen molar-refractivity contribution in [3.63, 3.8) is 0 Å². The molecule has 3 heterocycles. The minimum absolute atomic E-state index is 0.815. The summed E-state index contributed by atoms with van der Waals surface area (Å²) < 4.78 is 6.18. The highest BCUT2D eigenvalue weighted by atomic mass is 16.3. The van der Waals surface area contributed by atoms with Crippen molar-refractivity contribution in [2.75, 3.05) is 31.1 Å². The Bertz CT molecular complexity index is 1100. The number of aryl methyl sites for hydroxylation is 1. The van der Waals surface area contributed by atoms with Crippen LogP contribution in [0.15, 0.2) is 59.0 Å². The average molecular weight is 372 g/mol. The van der Waals surface area contributed by atoms with E-state index in [4.69, 9.17) is 14.4 Å². The van der Waals surface area contributed by atoms with Crippen LogP contribution in [0.3, 0.4) is 0 Å². The molecule has 0 saturated carbocycles. The third kappa shape index (κ3) is 3.12. The van der Waals surface area contributed by atoms with Crippen LogP contribution in [0.2, 0.25) is 0 Å². The summed E-state index contributed by atoms with van der Waals surface area (Å²) in [6, 6.07) is 18.8. The van der Waals surface area contributed by atoms with Crippen molar-refractivity contribution in [2.45, 2.75) is 19.9 Å². The first-order valence-corrected chi connectivity index (χ1v) is 10.0. The van der Waals surface area contributed by atoms with Crippen LogP contribution in [0.4, 0.5) is 5.82 Å². The molecule has 0 radical (unpaired) electrons. The first-order chi connectivity index (χ1) is 13.8. The number of fused-ring (bicyclic) bond motifs is 3. The van der Waals surface area contributed by atoms with E-state index in [9.17, 15) is 0 Å². The van der Waals surface area contributed by atoms with E-state index in [1.165, 1.54) is 5.56 Å². The van der Waals surface area contributed by atoms with Gasteiger partial charge in [-0.05, 0) is 17.7 Å². The Hall–Kier alpha value is -2.92. The number of para-hydroxylation sites is 1. The SMILES string of the molecule is CCc1nc(N2CCN(Cc3ccccc3)CC2)c2oc3ccccc3c2n1. The number of hydrogen-bond acceptors (Lipinski definition) is 5. The van der Waals surface area contributed by atoms with Crippen molar-refractivity contribution in [3.8, 4) is 0 Å². The lowest BCUT2D eigenvalue weighted by molar-refractivity contribution is 0.249. The molecular formula is C23H24N4O. The van der Waals surface area contributed by atoms with E-state index in [1.807, 2.05) is 18.2 Å². The maximum absolute atomic E-state index is 6.18. The van der Waals surface area contributed by atoms with E-state index in [1.54, 1.807) is 0 Å². The van der Waals surface area contributed by atoms with Gasteiger partial charge in [0.2, 0.25) is 0 Å². The van der Waals surface area contributed by atoms with Crippen LogP contribution in [-0.4, -0.2) is 41.0 Å². The lowest BCUT2D eigenvalue weighted by atomic mass is 10.2. The second-order valence-electron chi connectivity index (χ2n) is 7.34. The van der Waals surface area contributed by atoms with Gasteiger partial charge in [0.15, 0.2) is 11.4 Å². The van der Waals surface area contributed by atoms with E-state index in [0.29, 0.717) is 0 Å². The molecule has 1 aliphatic heterocycles. The van der Waals surface area contributed by atoms with Crippen molar-refractivity contribution in [3.05, 3.63) is 66.0 Å². The summed E-state index contributed by atoms with van der Waals surface area (Å²) in [5, 5.41) is 1.07. The molecule has 2 aromatic carbocycles. The Balaban J connectivity index is 1.43. The third-order valence-electron chi connectivity index (χ3n) is 5.49. The molecule has 0 aliphatic carbocycles. The Morgan fingerprint density at radius 1 is 0.893 bits per heavy atom. The lowest BCUT2D eigenvalue weighted by Crippen LogP contribution is -2.46. The summed E-state index contributed by atoms with van der Waals surface area (Å²) in [6.45, 7) is 7.02. The van der Waals surface area contributed by atoms with Gasteiger partial charge in [-0.15, -0.1) is 0 Å². The second kappa shape index (κ2) is 7.24. The Morgan fingerprint density at radius 2 is 1.64 bits per heavy atom. The fraction of sp³-hybridized carbons (Fsp3) is 0.304.